The maximum absolute atomic E-state index is 13.2. The van der Waals surface area contributed by atoms with Crippen molar-refractivity contribution in [2.45, 2.75) is 25.9 Å². The molecule has 2 N–H and O–H groups in total. The van der Waals surface area contributed by atoms with Gasteiger partial charge >= 0.3 is 0 Å². The summed E-state index contributed by atoms with van der Waals surface area (Å²) in [6, 6.07) is 4.57. The van der Waals surface area contributed by atoms with Crippen molar-refractivity contribution in [3.63, 3.8) is 0 Å². The summed E-state index contributed by atoms with van der Waals surface area (Å²) >= 11 is 0. The monoisotopic (exact) mass is 253 g/mol. The number of hydrogen-bond donors (Lipinski definition) is 2. The van der Waals surface area contributed by atoms with E-state index in [2.05, 4.69) is 4.90 Å². The van der Waals surface area contributed by atoms with Crippen LogP contribution in [-0.2, 0) is 0 Å². The molecule has 0 aromatic heterocycles. The maximum atomic E-state index is 13.2. The molecule has 0 aliphatic carbocycles. The second-order valence-corrected chi connectivity index (χ2v) is 4.99. The molecule has 0 radical (unpaired) electrons. The van der Waals surface area contributed by atoms with Crippen molar-refractivity contribution in [1.82, 2.24) is 0 Å². The first-order chi connectivity index (χ1) is 8.61. The average molecular weight is 253 g/mol. The molecule has 1 fully saturated rings. The van der Waals surface area contributed by atoms with Gasteiger partial charge in [0, 0.05) is 30.9 Å². The predicted molar refractivity (Wildman–Crippen MR) is 69.1 cm³/mol. The van der Waals surface area contributed by atoms with Crippen LogP contribution in [0.2, 0.25) is 0 Å². The minimum Gasteiger partial charge on any atom is -0.396 e. The van der Waals surface area contributed by atoms with Crippen LogP contribution in [0.5, 0.6) is 0 Å². The third-order valence-corrected chi connectivity index (χ3v) is 3.60. The molecular formula is C14H20FNO2. The Labute approximate surface area is 107 Å². The van der Waals surface area contributed by atoms with Gasteiger partial charge in [-0.3, -0.25) is 0 Å². The number of nitrogens with zero attached hydrogens (tertiary/aromatic N) is 1. The molecule has 0 amide bonds. The summed E-state index contributed by atoms with van der Waals surface area (Å²) in [7, 11) is 0. The van der Waals surface area contributed by atoms with E-state index in [0.29, 0.717) is 11.5 Å². The summed E-state index contributed by atoms with van der Waals surface area (Å²) < 4.78 is 13.2. The number of anilines is 1. The number of benzene rings is 1. The second-order valence-electron chi connectivity index (χ2n) is 4.99. The number of hydrogen-bond acceptors (Lipinski definition) is 3. The molecule has 100 valence electrons. The van der Waals surface area contributed by atoms with E-state index in [9.17, 15) is 9.50 Å². The zero-order valence-corrected chi connectivity index (χ0v) is 10.6. The van der Waals surface area contributed by atoms with Crippen LogP contribution < -0.4 is 4.90 Å². The van der Waals surface area contributed by atoms with Crippen molar-refractivity contribution in [3.05, 3.63) is 29.6 Å². The molecule has 1 unspecified atom stereocenters. The Kier molecular flexibility index (Phi) is 4.19. The molecule has 0 bridgehead atoms. The van der Waals surface area contributed by atoms with Gasteiger partial charge in [-0.15, -0.1) is 0 Å². The first kappa shape index (κ1) is 13.3. The SMILES string of the molecule is C[C@H](O)c1cc(F)ccc1N1CCC(CCO)C1. The number of aliphatic hydroxyl groups is 2. The molecule has 18 heavy (non-hydrogen) atoms. The van der Waals surface area contributed by atoms with Crippen LogP contribution in [0.25, 0.3) is 0 Å². The Hall–Kier alpha value is -1.13. The lowest BCUT2D eigenvalue weighted by atomic mass is 10.1. The zero-order chi connectivity index (χ0) is 13.1. The van der Waals surface area contributed by atoms with Gasteiger partial charge in [-0.25, -0.2) is 4.39 Å². The normalized spacial score (nSPS) is 21.3. The molecule has 2 atom stereocenters. The van der Waals surface area contributed by atoms with Gasteiger partial charge in [0.25, 0.3) is 0 Å². The first-order valence-corrected chi connectivity index (χ1v) is 6.45. The summed E-state index contributed by atoms with van der Waals surface area (Å²) in [6.45, 7) is 3.63. The predicted octanol–water partition coefficient (Wildman–Crippen LogP) is 2.09. The van der Waals surface area contributed by atoms with E-state index < -0.39 is 6.10 Å². The minimum atomic E-state index is -0.674. The lowest BCUT2D eigenvalue weighted by Gasteiger charge is -2.23. The second kappa shape index (κ2) is 5.67. The molecule has 4 heteroatoms. The average Bonchev–Trinajstić information content (AvgIpc) is 2.78. The van der Waals surface area contributed by atoms with Gasteiger partial charge in [-0.1, -0.05) is 0 Å². The first-order valence-electron chi connectivity index (χ1n) is 6.45. The lowest BCUT2D eigenvalue weighted by Crippen LogP contribution is -2.22. The molecule has 3 nitrogen and oxygen atoms in total. The Balaban J connectivity index is 2.18. The van der Waals surface area contributed by atoms with E-state index in [1.807, 2.05) is 0 Å². The fourth-order valence-electron chi connectivity index (χ4n) is 2.62. The highest BCUT2D eigenvalue weighted by Gasteiger charge is 2.24. The number of aliphatic hydroxyl groups excluding tert-OH is 2. The molecule has 0 spiro atoms. The van der Waals surface area contributed by atoms with Crippen molar-refractivity contribution in [3.8, 4) is 0 Å². The zero-order valence-electron chi connectivity index (χ0n) is 10.6. The Morgan fingerprint density at radius 1 is 1.50 bits per heavy atom. The van der Waals surface area contributed by atoms with Crippen LogP contribution in [-0.4, -0.2) is 29.9 Å². The van der Waals surface area contributed by atoms with Crippen LogP contribution in [0.15, 0.2) is 18.2 Å². The van der Waals surface area contributed by atoms with Gasteiger partial charge in [-0.2, -0.15) is 0 Å². The van der Waals surface area contributed by atoms with Crippen LogP contribution in [0.4, 0.5) is 10.1 Å². The summed E-state index contributed by atoms with van der Waals surface area (Å²) in [4.78, 5) is 2.17. The topological polar surface area (TPSA) is 43.7 Å². The van der Waals surface area contributed by atoms with E-state index in [4.69, 9.17) is 5.11 Å². The van der Waals surface area contributed by atoms with E-state index in [1.165, 1.54) is 12.1 Å². The quantitative estimate of drug-likeness (QED) is 0.863. The third-order valence-electron chi connectivity index (χ3n) is 3.60. The fraction of sp³-hybridized carbons (Fsp3) is 0.571. The Bertz CT molecular complexity index is 409. The van der Waals surface area contributed by atoms with Crippen LogP contribution in [0.1, 0.15) is 31.4 Å². The Morgan fingerprint density at radius 2 is 2.28 bits per heavy atom. The van der Waals surface area contributed by atoms with Crippen LogP contribution >= 0.6 is 0 Å². The van der Waals surface area contributed by atoms with Crippen LogP contribution in [0.3, 0.4) is 0 Å². The van der Waals surface area contributed by atoms with Gasteiger partial charge in [-0.05, 0) is 43.9 Å². The fourth-order valence-corrected chi connectivity index (χ4v) is 2.62. The maximum Gasteiger partial charge on any atom is 0.123 e. The molecule has 1 aliphatic heterocycles. The van der Waals surface area contributed by atoms with Crippen molar-refractivity contribution in [2.75, 3.05) is 24.6 Å². The molecule has 1 aromatic carbocycles. The number of halogens is 1. The summed E-state index contributed by atoms with van der Waals surface area (Å²) in [5.74, 6) is 0.169. The van der Waals surface area contributed by atoms with Gasteiger partial charge in [0.05, 0.1) is 6.10 Å². The largest absolute Gasteiger partial charge is 0.396 e. The highest BCUT2D eigenvalue weighted by molar-refractivity contribution is 5.55. The molecule has 0 saturated carbocycles. The van der Waals surface area contributed by atoms with Gasteiger partial charge in [0.2, 0.25) is 0 Å². The van der Waals surface area contributed by atoms with Gasteiger partial charge in [0.1, 0.15) is 5.82 Å². The highest BCUT2D eigenvalue weighted by atomic mass is 19.1. The lowest BCUT2D eigenvalue weighted by molar-refractivity contribution is 0.199. The van der Waals surface area contributed by atoms with Crippen molar-refractivity contribution >= 4 is 5.69 Å². The summed E-state index contributed by atoms with van der Waals surface area (Å²) in [5.41, 5.74) is 1.55. The van der Waals surface area contributed by atoms with E-state index in [-0.39, 0.29) is 12.4 Å². The van der Waals surface area contributed by atoms with Gasteiger partial charge < -0.3 is 15.1 Å². The van der Waals surface area contributed by atoms with E-state index >= 15 is 0 Å². The molecule has 2 rings (SSSR count). The van der Waals surface area contributed by atoms with E-state index in [1.54, 1.807) is 13.0 Å². The molecular weight excluding hydrogens is 233 g/mol. The van der Waals surface area contributed by atoms with Crippen molar-refractivity contribution in [1.29, 1.82) is 0 Å². The summed E-state index contributed by atoms with van der Waals surface area (Å²) in [5, 5.41) is 18.7. The standard InChI is InChI=1S/C14H20FNO2/c1-10(18)13-8-12(15)2-3-14(13)16-6-4-11(9-16)5-7-17/h2-3,8,10-11,17-18H,4-7,9H2,1H3/t10-,11?/m0/s1. The van der Waals surface area contributed by atoms with Crippen molar-refractivity contribution in [2.24, 2.45) is 5.92 Å². The summed E-state index contributed by atoms with van der Waals surface area (Å²) in [6.07, 6.45) is 1.17. The highest BCUT2D eigenvalue weighted by Crippen LogP contribution is 2.32. The smallest absolute Gasteiger partial charge is 0.123 e. The number of rotatable bonds is 4. The molecule has 1 saturated heterocycles. The van der Waals surface area contributed by atoms with E-state index in [0.717, 1.165) is 31.6 Å². The molecule has 1 aliphatic rings. The van der Waals surface area contributed by atoms with Crippen molar-refractivity contribution < 1.29 is 14.6 Å². The molecule has 1 heterocycles. The third kappa shape index (κ3) is 2.82. The van der Waals surface area contributed by atoms with Crippen LogP contribution in [0, 0.1) is 11.7 Å². The van der Waals surface area contributed by atoms with Gasteiger partial charge in [0.15, 0.2) is 0 Å². The Morgan fingerprint density at radius 3 is 2.94 bits per heavy atom. The molecule has 1 aromatic rings. The minimum absolute atomic E-state index is 0.213.